The lowest BCUT2D eigenvalue weighted by atomic mass is 10.0. The molecule has 2 aromatic carbocycles. The van der Waals surface area contributed by atoms with E-state index in [4.69, 9.17) is 4.74 Å². The van der Waals surface area contributed by atoms with Gasteiger partial charge < -0.3 is 4.74 Å². The summed E-state index contributed by atoms with van der Waals surface area (Å²) in [5, 5.41) is 0.548. The van der Waals surface area contributed by atoms with Gasteiger partial charge in [0.15, 0.2) is 0 Å². The fourth-order valence-corrected chi connectivity index (χ4v) is 5.11. The Morgan fingerprint density at radius 1 is 1.14 bits per heavy atom. The summed E-state index contributed by atoms with van der Waals surface area (Å²) in [7, 11) is -3.70. The van der Waals surface area contributed by atoms with Gasteiger partial charge in [0.2, 0.25) is 10.0 Å². The maximum absolute atomic E-state index is 13.3. The van der Waals surface area contributed by atoms with E-state index in [1.165, 1.54) is 16.4 Å². The van der Waals surface area contributed by atoms with Gasteiger partial charge in [-0.1, -0.05) is 18.2 Å². The Labute approximate surface area is 169 Å². The maximum atomic E-state index is 13.3. The second kappa shape index (κ2) is 7.93. The van der Waals surface area contributed by atoms with Gasteiger partial charge in [0.05, 0.1) is 11.5 Å². The van der Waals surface area contributed by atoms with E-state index in [0.29, 0.717) is 36.2 Å². The molecule has 0 saturated carbocycles. The van der Waals surface area contributed by atoms with Crippen molar-refractivity contribution in [2.24, 2.45) is 0 Å². The Kier molecular flexibility index (Phi) is 5.34. The Morgan fingerprint density at radius 2 is 1.93 bits per heavy atom. The van der Waals surface area contributed by atoms with Crippen LogP contribution < -0.4 is 4.74 Å². The fraction of sp³-hybridized carbons (Fsp3) is 0.227. The number of rotatable bonds is 5. The predicted molar refractivity (Wildman–Crippen MR) is 111 cm³/mol. The van der Waals surface area contributed by atoms with Gasteiger partial charge in [0.1, 0.15) is 17.1 Å². The van der Waals surface area contributed by atoms with Gasteiger partial charge in [-0.2, -0.15) is 4.31 Å². The highest BCUT2D eigenvalue weighted by atomic mass is 32.2. The highest BCUT2D eigenvalue weighted by Crippen LogP contribution is 2.33. The highest BCUT2D eigenvalue weighted by Gasteiger charge is 2.28. The van der Waals surface area contributed by atoms with E-state index in [9.17, 15) is 12.8 Å². The molecule has 1 aliphatic rings. The number of benzene rings is 2. The normalized spacial score (nSPS) is 15.3. The molecule has 0 bridgehead atoms. The number of sulfonamides is 1. The van der Waals surface area contributed by atoms with Crippen LogP contribution in [0.5, 0.6) is 5.75 Å². The summed E-state index contributed by atoms with van der Waals surface area (Å²) in [6, 6.07) is 13.0. The molecule has 4 rings (SSSR count). The van der Waals surface area contributed by atoms with Crippen LogP contribution in [0.25, 0.3) is 16.5 Å². The van der Waals surface area contributed by atoms with Crippen molar-refractivity contribution in [1.29, 1.82) is 0 Å². The van der Waals surface area contributed by atoms with E-state index in [0.717, 1.165) is 11.1 Å². The van der Waals surface area contributed by atoms with E-state index < -0.39 is 10.0 Å². The summed E-state index contributed by atoms with van der Waals surface area (Å²) in [5.41, 5.74) is 2.48. The molecule has 150 valence electrons. The summed E-state index contributed by atoms with van der Waals surface area (Å²) < 4.78 is 46.9. The van der Waals surface area contributed by atoms with Crippen LogP contribution in [0.4, 0.5) is 4.39 Å². The van der Waals surface area contributed by atoms with Crippen molar-refractivity contribution in [1.82, 2.24) is 9.29 Å². The number of pyridine rings is 1. The van der Waals surface area contributed by atoms with Crippen LogP contribution in [-0.4, -0.2) is 37.4 Å². The lowest BCUT2D eigenvalue weighted by Gasteiger charge is -2.26. The third kappa shape index (κ3) is 3.75. The molecule has 2 heterocycles. The molecule has 0 unspecified atom stereocenters. The van der Waals surface area contributed by atoms with Crippen molar-refractivity contribution in [2.75, 3.05) is 19.7 Å². The molecule has 0 saturated heterocycles. The monoisotopic (exact) mass is 412 g/mol. The van der Waals surface area contributed by atoms with E-state index in [1.54, 1.807) is 42.6 Å². The maximum Gasteiger partial charge on any atom is 0.244 e. The summed E-state index contributed by atoms with van der Waals surface area (Å²) in [6.45, 7) is 2.98. The number of hydrogen-bond donors (Lipinski definition) is 0. The molecule has 5 nitrogen and oxygen atoms in total. The molecule has 3 aromatic rings. The van der Waals surface area contributed by atoms with Crippen molar-refractivity contribution < 1.29 is 17.5 Å². The minimum atomic E-state index is -3.70. The van der Waals surface area contributed by atoms with Crippen molar-refractivity contribution >= 4 is 26.5 Å². The topological polar surface area (TPSA) is 59.5 Å². The standard InChI is InChI=1S/C22H21FN2O3S/c1-2-28-20-9-10-21(19-4-3-13-24-22(19)20)29(26,27)25-14-11-17(12-15-25)16-5-7-18(23)8-6-16/h3-11,13H,2,12,14-15H2,1H3. The molecule has 7 heteroatoms. The SMILES string of the molecule is CCOc1ccc(S(=O)(=O)N2CC=C(c3ccc(F)cc3)CC2)c2cccnc12. The number of ether oxygens (including phenoxy) is 1. The number of hydrogen-bond acceptors (Lipinski definition) is 4. The Bertz CT molecular complexity index is 1170. The molecular formula is C22H21FN2O3S. The average Bonchev–Trinajstić information content (AvgIpc) is 2.75. The molecule has 1 aliphatic heterocycles. The van der Waals surface area contributed by atoms with Gasteiger partial charge in [0, 0.05) is 24.7 Å². The summed E-state index contributed by atoms with van der Waals surface area (Å²) in [6.07, 6.45) is 4.08. The van der Waals surface area contributed by atoms with Crippen molar-refractivity contribution in [3.8, 4) is 5.75 Å². The largest absolute Gasteiger partial charge is 0.492 e. The number of nitrogens with zero attached hydrogens (tertiary/aromatic N) is 2. The van der Waals surface area contributed by atoms with Crippen molar-refractivity contribution in [3.05, 3.63) is 72.2 Å². The second-order valence-electron chi connectivity index (χ2n) is 6.74. The van der Waals surface area contributed by atoms with Gasteiger partial charge in [-0.15, -0.1) is 0 Å². The Morgan fingerprint density at radius 3 is 2.62 bits per heavy atom. The highest BCUT2D eigenvalue weighted by molar-refractivity contribution is 7.89. The lowest BCUT2D eigenvalue weighted by Crippen LogP contribution is -2.34. The van der Waals surface area contributed by atoms with Crippen LogP contribution in [0.15, 0.2) is 65.7 Å². The third-order valence-corrected chi connectivity index (χ3v) is 6.92. The smallest absolute Gasteiger partial charge is 0.244 e. The van der Waals surface area contributed by atoms with Crippen LogP contribution in [0, 0.1) is 5.82 Å². The molecule has 0 amide bonds. The van der Waals surface area contributed by atoms with Gasteiger partial charge in [0.25, 0.3) is 0 Å². The fourth-order valence-electron chi connectivity index (χ4n) is 3.55. The first kappa shape index (κ1) is 19.5. The lowest BCUT2D eigenvalue weighted by molar-refractivity contribution is 0.343. The van der Waals surface area contributed by atoms with Crippen molar-refractivity contribution in [2.45, 2.75) is 18.2 Å². The Balaban J connectivity index is 1.66. The average molecular weight is 412 g/mol. The molecule has 0 N–H and O–H groups in total. The Hall–Kier alpha value is -2.77. The number of halogens is 1. The van der Waals surface area contributed by atoms with E-state index >= 15 is 0 Å². The first-order valence-corrected chi connectivity index (χ1v) is 10.9. The zero-order chi connectivity index (χ0) is 20.4. The molecule has 0 spiro atoms. The minimum absolute atomic E-state index is 0.225. The zero-order valence-electron chi connectivity index (χ0n) is 16.0. The van der Waals surface area contributed by atoms with Crippen LogP contribution in [0.1, 0.15) is 18.9 Å². The summed E-state index contributed by atoms with van der Waals surface area (Å²) >= 11 is 0. The van der Waals surface area contributed by atoms with Gasteiger partial charge in [-0.05, 0) is 60.9 Å². The van der Waals surface area contributed by atoms with Gasteiger partial charge >= 0.3 is 0 Å². The molecule has 1 aromatic heterocycles. The molecule has 29 heavy (non-hydrogen) atoms. The molecule has 0 radical (unpaired) electrons. The summed E-state index contributed by atoms with van der Waals surface area (Å²) in [4.78, 5) is 4.55. The van der Waals surface area contributed by atoms with E-state index in [-0.39, 0.29) is 17.3 Å². The van der Waals surface area contributed by atoms with Crippen LogP contribution >= 0.6 is 0 Å². The predicted octanol–water partition coefficient (Wildman–Crippen LogP) is 4.25. The van der Waals surface area contributed by atoms with Crippen LogP contribution in [-0.2, 0) is 10.0 Å². The van der Waals surface area contributed by atoms with Gasteiger partial charge in [-0.25, -0.2) is 12.8 Å². The minimum Gasteiger partial charge on any atom is -0.492 e. The second-order valence-corrected chi connectivity index (χ2v) is 8.65. The molecular weight excluding hydrogens is 391 g/mol. The van der Waals surface area contributed by atoms with Crippen LogP contribution in [0.3, 0.4) is 0 Å². The third-order valence-electron chi connectivity index (χ3n) is 5.00. The first-order valence-electron chi connectivity index (χ1n) is 9.46. The quantitative estimate of drug-likeness (QED) is 0.629. The number of fused-ring (bicyclic) bond motifs is 1. The zero-order valence-corrected chi connectivity index (χ0v) is 16.8. The van der Waals surface area contributed by atoms with Crippen molar-refractivity contribution in [3.63, 3.8) is 0 Å². The molecule has 0 aliphatic carbocycles. The van der Waals surface area contributed by atoms with E-state index in [1.807, 2.05) is 13.0 Å². The van der Waals surface area contributed by atoms with Gasteiger partial charge in [-0.3, -0.25) is 4.98 Å². The first-order chi connectivity index (χ1) is 14.0. The molecule has 0 atom stereocenters. The summed E-state index contributed by atoms with van der Waals surface area (Å²) in [5.74, 6) is 0.282. The number of aromatic nitrogens is 1. The van der Waals surface area contributed by atoms with E-state index in [2.05, 4.69) is 4.98 Å². The molecule has 0 fully saturated rings. The van der Waals surface area contributed by atoms with Crippen LogP contribution in [0.2, 0.25) is 0 Å².